The average Bonchev–Trinajstić information content (AvgIpc) is 3.84. The lowest BCUT2D eigenvalue weighted by atomic mass is 9.74. The van der Waals surface area contributed by atoms with Crippen LogP contribution in [0.15, 0.2) is 12.4 Å². The smallest absolute Gasteiger partial charge is 0.319 e. The fourth-order valence-corrected chi connectivity index (χ4v) is 8.86. The number of nitrogens with one attached hydrogen (secondary N) is 1. The Kier molecular flexibility index (Phi) is 7.51. The molecule has 1 aromatic carbocycles. The molecule has 3 aromatic rings. The molecule has 5 aliphatic rings. The lowest BCUT2D eigenvalue weighted by molar-refractivity contribution is 0.0649. The van der Waals surface area contributed by atoms with Crippen LogP contribution in [0.1, 0.15) is 82.6 Å². The zero-order chi connectivity index (χ0) is 30.9. The van der Waals surface area contributed by atoms with Crippen LogP contribution in [0.2, 0.25) is 5.02 Å². The van der Waals surface area contributed by atoms with Crippen molar-refractivity contribution < 1.29 is 22.6 Å². The topological polar surface area (TPSA) is 72.4 Å². The van der Waals surface area contributed by atoms with Gasteiger partial charge < -0.3 is 19.7 Å². The minimum atomic E-state index is -0.860. The van der Waals surface area contributed by atoms with Gasteiger partial charge in [-0.15, -0.1) is 0 Å². The molecular weight excluding hydrogens is 603 g/mol. The van der Waals surface area contributed by atoms with Gasteiger partial charge in [0.05, 0.1) is 28.6 Å². The van der Waals surface area contributed by atoms with Crippen molar-refractivity contribution in [2.75, 3.05) is 31.2 Å². The molecule has 11 heteroatoms. The summed E-state index contributed by atoms with van der Waals surface area (Å²) in [6.45, 7) is 3.78. The first-order valence-corrected chi connectivity index (χ1v) is 17.0. The van der Waals surface area contributed by atoms with Gasteiger partial charge in [-0.25, -0.2) is 13.2 Å². The van der Waals surface area contributed by atoms with Gasteiger partial charge >= 0.3 is 6.01 Å². The molecule has 0 amide bonds. The maximum Gasteiger partial charge on any atom is 0.319 e. The maximum absolute atomic E-state index is 16.9. The van der Waals surface area contributed by atoms with Gasteiger partial charge in [-0.05, 0) is 68.8 Å². The van der Waals surface area contributed by atoms with Crippen LogP contribution in [0.25, 0.3) is 22.0 Å². The Morgan fingerprint density at radius 1 is 1.11 bits per heavy atom. The van der Waals surface area contributed by atoms with Crippen molar-refractivity contribution in [3.05, 3.63) is 34.6 Å². The number of pyridine rings is 1. The Morgan fingerprint density at radius 2 is 1.96 bits per heavy atom. The van der Waals surface area contributed by atoms with Gasteiger partial charge in [0.15, 0.2) is 17.4 Å². The molecule has 4 fully saturated rings. The molecule has 0 spiro atoms. The number of piperazine rings is 1. The molecule has 5 atom stereocenters. The van der Waals surface area contributed by atoms with Crippen LogP contribution in [0.5, 0.6) is 11.8 Å². The standard InChI is InChI=1S/C34H39ClF3N5O2/c1-2-21-15-43-22(12-40-21)16-44-31-27-30(28(37)26(29(31)38)23-13-39-14-24(35)25(23)18-8-9-18)41-33(42-32(27)43)45-17-34-10-4-6-19(34)5-3-7-20(36)11-34/h13-14,18-22,40H,2-12,15-17H2,1H3/t19?,20-,21+,22-,34-/m0/s1. The highest BCUT2D eigenvalue weighted by Crippen LogP contribution is 2.53. The molecule has 240 valence electrons. The van der Waals surface area contributed by atoms with Crippen LogP contribution in [-0.2, 0) is 0 Å². The van der Waals surface area contributed by atoms with Gasteiger partial charge in [-0.3, -0.25) is 4.98 Å². The number of halogens is 4. The summed E-state index contributed by atoms with van der Waals surface area (Å²) in [4.78, 5) is 15.8. The van der Waals surface area contributed by atoms with E-state index in [1.807, 2.05) is 0 Å². The second-order valence-electron chi connectivity index (χ2n) is 13.8. The van der Waals surface area contributed by atoms with Gasteiger partial charge in [0, 0.05) is 42.5 Å². The van der Waals surface area contributed by atoms with E-state index in [-0.39, 0.29) is 64.9 Å². The van der Waals surface area contributed by atoms with Crippen molar-refractivity contribution in [1.82, 2.24) is 20.3 Å². The van der Waals surface area contributed by atoms with E-state index < -0.39 is 17.8 Å². The predicted octanol–water partition coefficient (Wildman–Crippen LogP) is 7.53. The third-order valence-electron chi connectivity index (χ3n) is 11.1. The van der Waals surface area contributed by atoms with Crippen molar-refractivity contribution in [2.24, 2.45) is 11.3 Å². The molecule has 2 aliphatic heterocycles. The maximum atomic E-state index is 16.9. The Labute approximate surface area is 266 Å². The fourth-order valence-electron chi connectivity index (χ4n) is 8.55. The van der Waals surface area contributed by atoms with Crippen LogP contribution < -0.4 is 19.7 Å². The molecule has 45 heavy (non-hydrogen) atoms. The second-order valence-corrected chi connectivity index (χ2v) is 14.3. The van der Waals surface area contributed by atoms with Gasteiger partial charge in [-0.1, -0.05) is 31.4 Å². The lowest BCUT2D eigenvalue weighted by Crippen LogP contribution is -2.58. The van der Waals surface area contributed by atoms with Crippen molar-refractivity contribution in [1.29, 1.82) is 0 Å². The zero-order valence-electron chi connectivity index (χ0n) is 25.6. The minimum Gasteiger partial charge on any atom is -0.487 e. The summed E-state index contributed by atoms with van der Waals surface area (Å²) in [6.07, 6.45) is 10.7. The van der Waals surface area contributed by atoms with Crippen LogP contribution >= 0.6 is 11.6 Å². The van der Waals surface area contributed by atoms with Crippen LogP contribution in [0.4, 0.5) is 19.0 Å². The molecule has 1 saturated heterocycles. The molecule has 4 heterocycles. The summed E-state index contributed by atoms with van der Waals surface area (Å²) in [6, 6.07) is 0.0488. The average molecular weight is 642 g/mol. The van der Waals surface area contributed by atoms with Crippen molar-refractivity contribution >= 4 is 28.3 Å². The molecule has 0 radical (unpaired) electrons. The number of hydrogen-bond acceptors (Lipinski definition) is 7. The van der Waals surface area contributed by atoms with Gasteiger partial charge in [0.25, 0.3) is 0 Å². The number of aromatic nitrogens is 3. The molecule has 3 aliphatic carbocycles. The summed E-state index contributed by atoms with van der Waals surface area (Å²) in [5.41, 5.74) is 0.426. The fraction of sp³-hybridized carbons (Fsp3) is 0.618. The number of nitrogens with zero attached hydrogens (tertiary/aromatic N) is 4. The normalized spacial score (nSPS) is 29.5. The first-order chi connectivity index (χ1) is 21.9. The van der Waals surface area contributed by atoms with Gasteiger partial charge in [0.1, 0.15) is 24.1 Å². The largest absolute Gasteiger partial charge is 0.487 e. The quantitative estimate of drug-likeness (QED) is 0.298. The van der Waals surface area contributed by atoms with E-state index in [0.29, 0.717) is 53.8 Å². The lowest BCUT2D eigenvalue weighted by Gasteiger charge is -2.39. The van der Waals surface area contributed by atoms with Crippen LogP contribution in [0.3, 0.4) is 0 Å². The molecule has 0 bridgehead atoms. The number of benzene rings is 1. The summed E-state index contributed by atoms with van der Waals surface area (Å²) in [5.74, 6) is -0.765. The molecule has 1 N–H and O–H groups in total. The number of alkyl halides is 1. The van der Waals surface area contributed by atoms with Gasteiger partial charge in [-0.2, -0.15) is 9.97 Å². The van der Waals surface area contributed by atoms with E-state index in [4.69, 9.17) is 26.1 Å². The minimum absolute atomic E-state index is 0.0263. The molecule has 3 saturated carbocycles. The third kappa shape index (κ3) is 5.01. The summed E-state index contributed by atoms with van der Waals surface area (Å²) in [7, 11) is 0. The Balaban J connectivity index is 1.29. The number of ether oxygens (including phenoxy) is 2. The van der Waals surface area contributed by atoms with E-state index in [0.717, 1.165) is 51.4 Å². The Morgan fingerprint density at radius 3 is 2.78 bits per heavy atom. The molecule has 1 unspecified atom stereocenters. The highest BCUT2D eigenvalue weighted by molar-refractivity contribution is 6.31. The first kappa shape index (κ1) is 29.5. The number of hydrogen-bond donors (Lipinski definition) is 1. The molecular formula is C34H39ClF3N5O2. The number of fused-ring (bicyclic) bond motifs is 3. The third-order valence-corrected chi connectivity index (χ3v) is 11.4. The van der Waals surface area contributed by atoms with E-state index in [1.54, 1.807) is 0 Å². The summed E-state index contributed by atoms with van der Waals surface area (Å²) < 4.78 is 61.1. The van der Waals surface area contributed by atoms with Crippen molar-refractivity contribution in [2.45, 2.75) is 95.3 Å². The van der Waals surface area contributed by atoms with Crippen LogP contribution in [0, 0.1) is 23.0 Å². The molecule has 8 rings (SSSR count). The first-order valence-electron chi connectivity index (χ1n) is 16.6. The number of rotatable bonds is 6. The highest BCUT2D eigenvalue weighted by Gasteiger charge is 2.47. The van der Waals surface area contributed by atoms with Crippen LogP contribution in [-0.4, -0.2) is 59.5 Å². The van der Waals surface area contributed by atoms with Gasteiger partial charge in [0.2, 0.25) is 0 Å². The zero-order valence-corrected chi connectivity index (χ0v) is 26.3. The SMILES string of the molecule is CC[C@@H]1CN2c3nc(OC[C@@]45CCCC4CCC[C@H](F)C5)nc4c(F)c(-c5cncc(Cl)c5C5CC5)c(F)c(c34)OC[C@@H]2CN1. The van der Waals surface area contributed by atoms with E-state index in [9.17, 15) is 4.39 Å². The monoisotopic (exact) mass is 641 g/mol. The van der Waals surface area contributed by atoms with Crippen molar-refractivity contribution in [3.8, 4) is 22.9 Å². The second kappa shape index (κ2) is 11.4. The van der Waals surface area contributed by atoms with Crippen molar-refractivity contribution in [3.63, 3.8) is 0 Å². The Hall–Kier alpha value is -2.85. The van der Waals surface area contributed by atoms with E-state index in [1.165, 1.54) is 12.4 Å². The highest BCUT2D eigenvalue weighted by atomic mass is 35.5. The molecule has 7 nitrogen and oxygen atoms in total. The van der Waals surface area contributed by atoms with E-state index >= 15 is 8.78 Å². The summed E-state index contributed by atoms with van der Waals surface area (Å²) in [5, 5.41) is 4.14. The molecule has 2 aromatic heterocycles. The Bertz CT molecular complexity index is 1640. The van der Waals surface area contributed by atoms with E-state index in [2.05, 4.69) is 27.1 Å². The number of anilines is 1. The predicted molar refractivity (Wildman–Crippen MR) is 167 cm³/mol. The summed E-state index contributed by atoms with van der Waals surface area (Å²) >= 11 is 6.56.